The first-order valence-electron chi connectivity index (χ1n) is 5.26. The average Bonchev–Trinajstić information content (AvgIpc) is 2.25. The van der Waals surface area contributed by atoms with Gasteiger partial charge in [0, 0.05) is 0 Å². The second-order valence-electron chi connectivity index (χ2n) is 3.90. The molecular formula is C13H16O3S. The predicted molar refractivity (Wildman–Crippen MR) is 67.3 cm³/mol. The van der Waals surface area contributed by atoms with Crippen LogP contribution >= 0.6 is 0 Å². The van der Waals surface area contributed by atoms with Crippen molar-refractivity contribution in [1.29, 1.82) is 0 Å². The van der Waals surface area contributed by atoms with Crippen LogP contribution in [0.5, 0.6) is 0 Å². The van der Waals surface area contributed by atoms with E-state index in [-0.39, 0.29) is 11.5 Å². The van der Waals surface area contributed by atoms with Crippen LogP contribution in [0.2, 0.25) is 0 Å². The molecule has 0 fully saturated rings. The molecule has 0 saturated heterocycles. The Labute approximate surface area is 103 Å². The lowest BCUT2D eigenvalue weighted by atomic mass is 10.2. The minimum Gasteiger partial charge on any atom is -0.262 e. The smallest absolute Gasteiger partial charge is 0.262 e. The zero-order valence-electron chi connectivity index (χ0n) is 10.2. The van der Waals surface area contributed by atoms with Gasteiger partial charge in [-0.1, -0.05) is 17.7 Å². The topological polar surface area (TPSA) is 43.4 Å². The van der Waals surface area contributed by atoms with E-state index in [0.29, 0.717) is 0 Å². The fraction of sp³-hybridized carbons (Fsp3) is 0.308. The van der Waals surface area contributed by atoms with Crippen LogP contribution in [0, 0.1) is 6.92 Å². The van der Waals surface area contributed by atoms with Gasteiger partial charge >= 0.3 is 0 Å². The summed E-state index contributed by atoms with van der Waals surface area (Å²) >= 11 is 0. The summed E-state index contributed by atoms with van der Waals surface area (Å²) < 4.78 is 28.3. The SMILES string of the molecule is CC(C)=C=CCOS(=O)(=O)c1ccc(C)cc1. The van der Waals surface area contributed by atoms with Crippen LogP contribution in [0.3, 0.4) is 0 Å². The molecule has 0 heterocycles. The van der Waals surface area contributed by atoms with Gasteiger partial charge in [-0.3, -0.25) is 4.18 Å². The van der Waals surface area contributed by atoms with Crippen molar-refractivity contribution in [3.05, 3.63) is 47.2 Å². The Kier molecular flexibility index (Phi) is 4.70. The fourth-order valence-electron chi connectivity index (χ4n) is 1.14. The van der Waals surface area contributed by atoms with Gasteiger partial charge in [-0.2, -0.15) is 8.42 Å². The summed E-state index contributed by atoms with van der Waals surface area (Å²) in [6, 6.07) is 6.55. The third-order valence-electron chi connectivity index (χ3n) is 2.01. The molecule has 0 N–H and O–H groups in total. The van der Waals surface area contributed by atoms with Gasteiger partial charge in [0.15, 0.2) is 0 Å². The fourth-order valence-corrected chi connectivity index (χ4v) is 2.00. The largest absolute Gasteiger partial charge is 0.297 e. The first-order valence-corrected chi connectivity index (χ1v) is 6.67. The molecule has 1 aromatic carbocycles. The van der Waals surface area contributed by atoms with Crippen molar-refractivity contribution in [2.45, 2.75) is 25.7 Å². The third-order valence-corrected chi connectivity index (χ3v) is 3.30. The van der Waals surface area contributed by atoms with Crippen molar-refractivity contribution in [2.75, 3.05) is 6.61 Å². The number of benzene rings is 1. The maximum absolute atomic E-state index is 11.7. The normalized spacial score (nSPS) is 10.8. The van der Waals surface area contributed by atoms with Gasteiger partial charge in [0.1, 0.15) is 0 Å². The summed E-state index contributed by atoms with van der Waals surface area (Å²) in [6.07, 6.45) is 1.56. The zero-order valence-corrected chi connectivity index (χ0v) is 11.0. The van der Waals surface area contributed by atoms with Gasteiger partial charge in [0.25, 0.3) is 10.1 Å². The summed E-state index contributed by atoms with van der Waals surface area (Å²) in [6.45, 7) is 5.66. The Hall–Kier alpha value is -1.35. The maximum Gasteiger partial charge on any atom is 0.297 e. The number of rotatable bonds is 4. The molecule has 0 spiro atoms. The molecule has 3 nitrogen and oxygen atoms in total. The predicted octanol–water partition coefficient (Wildman–Crippen LogP) is 2.82. The highest BCUT2D eigenvalue weighted by atomic mass is 32.2. The minimum absolute atomic E-state index is 0.00138. The molecule has 1 aromatic rings. The highest BCUT2D eigenvalue weighted by Crippen LogP contribution is 2.12. The van der Waals surface area contributed by atoms with Gasteiger partial charge in [-0.25, -0.2) is 0 Å². The summed E-state index contributed by atoms with van der Waals surface area (Å²) in [5.41, 5.74) is 4.86. The van der Waals surface area contributed by atoms with Gasteiger partial charge in [-0.15, -0.1) is 5.73 Å². The van der Waals surface area contributed by atoms with Gasteiger partial charge in [-0.05, 0) is 44.6 Å². The van der Waals surface area contributed by atoms with E-state index >= 15 is 0 Å². The Morgan fingerprint density at radius 3 is 2.41 bits per heavy atom. The van der Waals surface area contributed by atoms with Crippen LogP contribution in [0.25, 0.3) is 0 Å². The van der Waals surface area contributed by atoms with E-state index in [1.807, 2.05) is 20.8 Å². The van der Waals surface area contributed by atoms with E-state index in [1.165, 1.54) is 12.1 Å². The quantitative estimate of drug-likeness (QED) is 0.611. The van der Waals surface area contributed by atoms with Gasteiger partial charge in [0.2, 0.25) is 0 Å². The molecule has 0 aromatic heterocycles. The van der Waals surface area contributed by atoms with Crippen molar-refractivity contribution in [3.63, 3.8) is 0 Å². The second-order valence-corrected chi connectivity index (χ2v) is 5.52. The Bertz CT molecular complexity index is 529. The number of hydrogen-bond acceptors (Lipinski definition) is 3. The van der Waals surface area contributed by atoms with E-state index < -0.39 is 10.1 Å². The number of aryl methyl sites for hydroxylation is 1. The molecule has 0 radical (unpaired) electrons. The molecule has 17 heavy (non-hydrogen) atoms. The molecule has 0 aliphatic carbocycles. The van der Waals surface area contributed by atoms with Crippen LogP contribution in [0.15, 0.2) is 46.5 Å². The molecule has 1 rings (SSSR count). The first kappa shape index (κ1) is 13.7. The van der Waals surface area contributed by atoms with E-state index in [4.69, 9.17) is 4.18 Å². The molecule has 0 saturated carbocycles. The summed E-state index contributed by atoms with van der Waals surface area (Å²) in [7, 11) is -3.66. The molecule has 0 aliphatic heterocycles. The monoisotopic (exact) mass is 252 g/mol. The van der Waals surface area contributed by atoms with Crippen LogP contribution in [0.1, 0.15) is 19.4 Å². The molecular weight excluding hydrogens is 236 g/mol. The third kappa shape index (κ3) is 4.57. The Morgan fingerprint density at radius 1 is 1.29 bits per heavy atom. The van der Waals surface area contributed by atoms with Crippen molar-refractivity contribution in [1.82, 2.24) is 0 Å². The van der Waals surface area contributed by atoms with Gasteiger partial charge < -0.3 is 0 Å². The molecule has 0 bridgehead atoms. The van der Waals surface area contributed by atoms with E-state index in [0.717, 1.165) is 11.1 Å². The summed E-state index contributed by atoms with van der Waals surface area (Å²) in [5, 5.41) is 0. The van der Waals surface area contributed by atoms with Crippen molar-refractivity contribution >= 4 is 10.1 Å². The van der Waals surface area contributed by atoms with E-state index in [1.54, 1.807) is 18.2 Å². The van der Waals surface area contributed by atoms with E-state index in [9.17, 15) is 8.42 Å². The van der Waals surface area contributed by atoms with Crippen LogP contribution in [-0.4, -0.2) is 15.0 Å². The molecule has 0 unspecified atom stereocenters. The molecule has 0 amide bonds. The van der Waals surface area contributed by atoms with E-state index in [2.05, 4.69) is 5.73 Å². The molecule has 0 aliphatic rings. The van der Waals surface area contributed by atoms with Crippen molar-refractivity contribution in [2.24, 2.45) is 0 Å². The minimum atomic E-state index is -3.66. The highest BCUT2D eigenvalue weighted by molar-refractivity contribution is 7.86. The standard InChI is InChI=1S/C13H16O3S/c1-11(2)5-4-10-16-17(14,15)13-8-6-12(3)7-9-13/h4,6-9H,10H2,1-3H3. The van der Waals surface area contributed by atoms with Gasteiger partial charge in [0.05, 0.1) is 11.5 Å². The summed E-state index contributed by atoms with van der Waals surface area (Å²) in [4.78, 5) is 0.175. The maximum atomic E-state index is 11.7. The van der Waals surface area contributed by atoms with Crippen LogP contribution in [-0.2, 0) is 14.3 Å². The second kappa shape index (κ2) is 5.82. The lowest BCUT2D eigenvalue weighted by Gasteiger charge is -2.03. The molecule has 0 atom stereocenters. The Morgan fingerprint density at radius 2 is 1.88 bits per heavy atom. The summed E-state index contributed by atoms with van der Waals surface area (Å²) in [5.74, 6) is 0. The zero-order chi connectivity index (χ0) is 12.9. The lowest BCUT2D eigenvalue weighted by Crippen LogP contribution is -2.06. The van der Waals surface area contributed by atoms with Crippen LogP contribution < -0.4 is 0 Å². The molecule has 4 heteroatoms. The van der Waals surface area contributed by atoms with Crippen molar-refractivity contribution in [3.8, 4) is 0 Å². The average molecular weight is 252 g/mol. The highest BCUT2D eigenvalue weighted by Gasteiger charge is 2.13. The molecule has 92 valence electrons. The van der Waals surface area contributed by atoms with Crippen molar-refractivity contribution < 1.29 is 12.6 Å². The lowest BCUT2D eigenvalue weighted by molar-refractivity contribution is 0.357. The Balaban J connectivity index is 2.76. The number of hydrogen-bond donors (Lipinski definition) is 0. The first-order chi connectivity index (χ1) is 7.92. The van der Waals surface area contributed by atoms with Crippen LogP contribution in [0.4, 0.5) is 0 Å².